The first-order valence-electron chi connectivity index (χ1n) is 5.79. The summed E-state index contributed by atoms with van der Waals surface area (Å²) < 4.78 is 5.51. The molecular weight excluding hydrogens is 262 g/mol. The Morgan fingerprint density at radius 3 is 2.90 bits per heavy atom. The third kappa shape index (κ3) is 1.95. The van der Waals surface area contributed by atoms with Gasteiger partial charge in [0, 0.05) is 12.3 Å². The number of carbonyl (C=O) groups excluding carboxylic acids is 1. The highest BCUT2D eigenvalue weighted by atomic mass is 16.6. The molecule has 1 amide bonds. The third-order valence-corrected chi connectivity index (χ3v) is 3.32. The Hall–Kier alpha value is -2.32. The van der Waals surface area contributed by atoms with E-state index >= 15 is 0 Å². The first-order chi connectivity index (χ1) is 9.49. The van der Waals surface area contributed by atoms with Gasteiger partial charge in [-0.25, -0.2) is 0 Å². The minimum absolute atomic E-state index is 0.195. The van der Waals surface area contributed by atoms with Crippen LogP contribution in [0.5, 0.6) is 0 Å². The molecule has 0 aromatic carbocycles. The van der Waals surface area contributed by atoms with Gasteiger partial charge in [-0.2, -0.15) is 5.26 Å². The van der Waals surface area contributed by atoms with E-state index in [0.717, 1.165) is 0 Å². The molecule has 3 N–H and O–H groups in total. The fraction of sp³-hybridized carbons (Fsp3) is 0.385. The number of hydrogen-bond donors (Lipinski definition) is 3. The van der Waals surface area contributed by atoms with Crippen LogP contribution in [-0.4, -0.2) is 45.6 Å². The van der Waals surface area contributed by atoms with E-state index in [1.54, 1.807) is 0 Å². The predicted molar refractivity (Wildman–Crippen MR) is 66.9 cm³/mol. The Labute approximate surface area is 115 Å². The Kier molecular flexibility index (Phi) is 3.51. The number of aliphatic hydroxyl groups is 2. The van der Waals surface area contributed by atoms with E-state index in [1.165, 1.54) is 17.2 Å². The summed E-state index contributed by atoms with van der Waals surface area (Å²) in [5.74, 6) is 1.03. The van der Waals surface area contributed by atoms with E-state index in [2.05, 4.69) is 17.8 Å². The molecule has 7 heteroatoms. The summed E-state index contributed by atoms with van der Waals surface area (Å²) in [5, 5.41) is 31.1. The van der Waals surface area contributed by atoms with E-state index in [-0.39, 0.29) is 11.7 Å². The molecule has 2 heterocycles. The van der Waals surface area contributed by atoms with Gasteiger partial charge in [0.1, 0.15) is 17.8 Å². The van der Waals surface area contributed by atoms with Crippen molar-refractivity contribution in [1.82, 2.24) is 10.2 Å². The molecule has 1 fully saturated rings. The molecule has 0 unspecified atom stereocenters. The molecule has 2 rings (SSSR count). The van der Waals surface area contributed by atoms with E-state index in [1.807, 2.05) is 6.07 Å². The van der Waals surface area contributed by atoms with Crippen molar-refractivity contribution in [3.63, 3.8) is 0 Å². The molecule has 0 aliphatic carbocycles. The number of carbonyl (C=O) groups is 1. The third-order valence-electron chi connectivity index (χ3n) is 3.32. The van der Waals surface area contributed by atoms with Crippen molar-refractivity contribution in [2.75, 3.05) is 6.61 Å². The summed E-state index contributed by atoms with van der Waals surface area (Å²) >= 11 is 0. The lowest BCUT2D eigenvalue weighted by atomic mass is 9.91. The second-order valence-electron chi connectivity index (χ2n) is 4.46. The molecule has 4 atom stereocenters. The van der Waals surface area contributed by atoms with Gasteiger partial charge in [0.2, 0.25) is 0 Å². The van der Waals surface area contributed by atoms with Crippen molar-refractivity contribution < 1.29 is 19.7 Å². The SMILES string of the molecule is C#C[C@]1(CO)O[C@@H](N2C=CC(=O)NC2=C)[C@@H](C#N)[C@@H]1O. The van der Waals surface area contributed by atoms with Crippen LogP contribution in [0.25, 0.3) is 0 Å². The van der Waals surface area contributed by atoms with Crippen molar-refractivity contribution in [2.45, 2.75) is 17.9 Å². The number of terminal acetylenes is 1. The Bertz CT molecular complexity index is 559. The maximum Gasteiger partial charge on any atom is 0.250 e. The van der Waals surface area contributed by atoms with Crippen molar-refractivity contribution in [3.05, 3.63) is 24.7 Å². The number of ether oxygens (including phenoxy) is 1. The molecule has 2 aliphatic heterocycles. The van der Waals surface area contributed by atoms with Gasteiger partial charge in [0.15, 0.2) is 11.8 Å². The molecule has 104 valence electrons. The van der Waals surface area contributed by atoms with Gasteiger partial charge in [0.05, 0.1) is 12.7 Å². The van der Waals surface area contributed by atoms with Crippen LogP contribution in [0, 0.1) is 29.6 Å². The van der Waals surface area contributed by atoms with E-state index in [9.17, 15) is 20.3 Å². The lowest BCUT2D eigenvalue weighted by molar-refractivity contribution is -0.119. The Morgan fingerprint density at radius 2 is 2.40 bits per heavy atom. The van der Waals surface area contributed by atoms with Gasteiger partial charge in [-0.15, -0.1) is 6.42 Å². The van der Waals surface area contributed by atoms with Crippen LogP contribution >= 0.6 is 0 Å². The maximum atomic E-state index is 11.2. The molecule has 20 heavy (non-hydrogen) atoms. The number of nitrogens with zero attached hydrogens (tertiary/aromatic N) is 2. The van der Waals surface area contributed by atoms with Gasteiger partial charge in [0.25, 0.3) is 5.91 Å². The van der Waals surface area contributed by atoms with Crippen molar-refractivity contribution in [1.29, 1.82) is 5.26 Å². The van der Waals surface area contributed by atoms with Gasteiger partial charge >= 0.3 is 0 Å². The quantitative estimate of drug-likeness (QED) is 0.537. The minimum atomic E-state index is -1.65. The van der Waals surface area contributed by atoms with Gasteiger partial charge in [-0.05, 0) is 0 Å². The average molecular weight is 275 g/mol. The molecule has 7 nitrogen and oxygen atoms in total. The van der Waals surface area contributed by atoms with Crippen LogP contribution in [0.2, 0.25) is 0 Å². The highest BCUT2D eigenvalue weighted by molar-refractivity contribution is 5.89. The average Bonchev–Trinajstić information content (AvgIpc) is 2.71. The van der Waals surface area contributed by atoms with Crippen molar-refractivity contribution >= 4 is 5.91 Å². The topological polar surface area (TPSA) is 106 Å². The zero-order chi connectivity index (χ0) is 14.9. The van der Waals surface area contributed by atoms with E-state index in [4.69, 9.17) is 11.2 Å². The molecule has 0 aromatic rings. The molecule has 0 bridgehead atoms. The number of amides is 1. The van der Waals surface area contributed by atoms with E-state index in [0.29, 0.717) is 0 Å². The molecule has 0 radical (unpaired) electrons. The highest BCUT2D eigenvalue weighted by Crippen LogP contribution is 2.37. The number of aliphatic hydroxyl groups excluding tert-OH is 2. The second kappa shape index (κ2) is 4.99. The summed E-state index contributed by atoms with van der Waals surface area (Å²) in [6.07, 6.45) is 5.60. The van der Waals surface area contributed by atoms with Gasteiger partial charge in [-0.1, -0.05) is 12.5 Å². The first-order valence-corrected chi connectivity index (χ1v) is 5.79. The number of nitrogens with one attached hydrogen (secondary N) is 1. The van der Waals surface area contributed by atoms with Crippen molar-refractivity contribution in [2.24, 2.45) is 5.92 Å². The zero-order valence-electron chi connectivity index (χ0n) is 10.5. The predicted octanol–water partition coefficient (Wildman–Crippen LogP) is -1.38. The molecule has 0 saturated carbocycles. The van der Waals surface area contributed by atoms with Gasteiger partial charge in [-0.3, -0.25) is 4.79 Å². The first kappa shape index (κ1) is 14.1. The summed E-state index contributed by atoms with van der Waals surface area (Å²) in [6, 6.07) is 1.91. The standard InChI is InChI=1S/C13H13N3O4/c1-3-13(7-17)11(19)9(6-14)12(20-13)16-5-4-10(18)15-8(16)2/h1,4-5,9,11-12,17,19H,2,7H2,(H,15,18)/t9-,11-,12+,13+/m0/s1. The zero-order valence-corrected chi connectivity index (χ0v) is 10.5. The summed E-state index contributed by atoms with van der Waals surface area (Å²) in [7, 11) is 0. The molecular formula is C13H13N3O4. The summed E-state index contributed by atoms with van der Waals surface area (Å²) in [6.45, 7) is 3.01. The van der Waals surface area contributed by atoms with E-state index < -0.39 is 30.5 Å². The monoisotopic (exact) mass is 275 g/mol. The molecule has 2 aliphatic rings. The van der Waals surface area contributed by atoms with Gasteiger partial charge < -0.3 is 25.2 Å². The highest BCUT2D eigenvalue weighted by Gasteiger charge is 2.56. The molecule has 0 aromatic heterocycles. The largest absolute Gasteiger partial charge is 0.392 e. The maximum absolute atomic E-state index is 11.2. The second-order valence-corrected chi connectivity index (χ2v) is 4.46. The van der Waals surface area contributed by atoms with Crippen LogP contribution in [0.1, 0.15) is 0 Å². The van der Waals surface area contributed by atoms with Crippen LogP contribution in [0.4, 0.5) is 0 Å². The van der Waals surface area contributed by atoms with Crippen LogP contribution in [-0.2, 0) is 9.53 Å². The smallest absolute Gasteiger partial charge is 0.250 e. The molecule has 0 spiro atoms. The number of nitriles is 1. The number of rotatable bonds is 2. The van der Waals surface area contributed by atoms with Crippen LogP contribution in [0.15, 0.2) is 24.7 Å². The summed E-state index contributed by atoms with van der Waals surface area (Å²) in [5.41, 5.74) is -1.65. The molecule has 1 saturated heterocycles. The Morgan fingerprint density at radius 1 is 1.70 bits per heavy atom. The minimum Gasteiger partial charge on any atom is -0.392 e. The summed E-state index contributed by atoms with van der Waals surface area (Å²) in [4.78, 5) is 12.6. The van der Waals surface area contributed by atoms with Crippen LogP contribution in [0.3, 0.4) is 0 Å². The normalized spacial score (nSPS) is 36.4. The fourth-order valence-corrected chi connectivity index (χ4v) is 2.19. The lowest BCUT2D eigenvalue weighted by Gasteiger charge is -2.32. The van der Waals surface area contributed by atoms with Crippen molar-refractivity contribution in [3.8, 4) is 18.4 Å². The van der Waals surface area contributed by atoms with Crippen LogP contribution < -0.4 is 5.32 Å². The lowest BCUT2D eigenvalue weighted by Crippen LogP contribution is -2.44. The fourth-order valence-electron chi connectivity index (χ4n) is 2.19. The number of hydrogen-bond acceptors (Lipinski definition) is 6. The Balaban J connectivity index is 2.36.